The summed E-state index contributed by atoms with van der Waals surface area (Å²) in [5.74, 6) is 0.954. The summed E-state index contributed by atoms with van der Waals surface area (Å²) < 4.78 is 42.5. The van der Waals surface area contributed by atoms with Crippen molar-refractivity contribution in [3.8, 4) is 17.1 Å². The number of nitrogens with zero attached hydrogens (tertiary/aromatic N) is 6. The Morgan fingerprint density at radius 2 is 1.75 bits per heavy atom. The summed E-state index contributed by atoms with van der Waals surface area (Å²) in [6, 6.07) is 15.3. The van der Waals surface area contributed by atoms with Gasteiger partial charge in [-0.3, -0.25) is 4.79 Å². The van der Waals surface area contributed by atoms with Gasteiger partial charge in [0.2, 0.25) is 11.8 Å². The molecule has 0 aliphatic carbocycles. The van der Waals surface area contributed by atoms with Crippen molar-refractivity contribution in [2.75, 3.05) is 29.4 Å². The van der Waals surface area contributed by atoms with Crippen molar-refractivity contribution in [3.05, 3.63) is 83.3 Å². The smallest absolute Gasteiger partial charge is 0.264 e. The molecule has 2 aliphatic heterocycles. The second-order valence-corrected chi connectivity index (χ2v) is 16.9. The molecule has 4 bridgehead atoms. The highest BCUT2D eigenvalue weighted by Gasteiger charge is 2.33. The van der Waals surface area contributed by atoms with Crippen LogP contribution in [0, 0.1) is 19.3 Å². The second kappa shape index (κ2) is 15.2. The highest BCUT2D eigenvalue weighted by Crippen LogP contribution is 2.32. The van der Waals surface area contributed by atoms with Crippen LogP contribution in [0.2, 0.25) is 0 Å². The summed E-state index contributed by atoms with van der Waals surface area (Å²) in [6.45, 7) is 16.0. The van der Waals surface area contributed by atoms with E-state index in [2.05, 4.69) is 45.3 Å². The molecule has 1 N–H and O–H groups in total. The fourth-order valence-corrected chi connectivity index (χ4v) is 7.93. The number of hydrogen-bond acceptors (Lipinski definition) is 10. The van der Waals surface area contributed by atoms with Crippen LogP contribution >= 0.6 is 0 Å². The van der Waals surface area contributed by atoms with Gasteiger partial charge in [0.05, 0.1) is 41.9 Å². The molecule has 1 saturated heterocycles. The van der Waals surface area contributed by atoms with E-state index in [1.807, 2.05) is 52.0 Å². The van der Waals surface area contributed by atoms with E-state index < -0.39 is 16.1 Å². The lowest BCUT2D eigenvalue weighted by Gasteiger charge is -2.35. The highest BCUT2D eigenvalue weighted by atomic mass is 32.2. The first kappa shape index (κ1) is 37.1. The van der Waals surface area contributed by atoms with Crippen LogP contribution in [0.4, 0.5) is 11.8 Å². The Kier molecular flexibility index (Phi) is 10.8. The van der Waals surface area contributed by atoms with E-state index in [9.17, 15) is 13.2 Å². The van der Waals surface area contributed by atoms with Gasteiger partial charge in [0.15, 0.2) is 0 Å². The molecule has 4 heterocycles. The third kappa shape index (κ3) is 8.70. The molecule has 1 amide bonds. The van der Waals surface area contributed by atoms with E-state index in [4.69, 9.17) is 14.5 Å². The number of aryl methyl sites for hydroxylation is 2. The van der Waals surface area contributed by atoms with Gasteiger partial charge in [-0.1, -0.05) is 45.0 Å². The SMILES string of the molecule is Cc1cccc(C)c1-c1cc2nc(n1)NS(=O)(=O)c1cccc(c1)C(=O)N(Cc1nccc(N3CCC[C@H]3COC(C)C)n1)[C@H](CC(C)(C)C)CO2. The maximum absolute atomic E-state index is 14.6. The number of carbonyl (C=O) groups is 1. The van der Waals surface area contributed by atoms with Gasteiger partial charge in [-0.05, 0) is 87.8 Å². The number of aromatic nitrogens is 4. The fraction of sp³-hybridized carbons (Fsp3) is 0.462. The van der Waals surface area contributed by atoms with Crippen LogP contribution < -0.4 is 14.4 Å². The predicted molar refractivity (Wildman–Crippen MR) is 201 cm³/mol. The first-order valence-corrected chi connectivity index (χ1v) is 19.4. The molecule has 2 aromatic heterocycles. The molecular formula is C39H49N7O5S. The number of sulfonamides is 1. The minimum atomic E-state index is -4.19. The molecule has 4 aromatic rings. The number of rotatable bonds is 8. The van der Waals surface area contributed by atoms with Gasteiger partial charge in [0, 0.05) is 29.9 Å². The summed E-state index contributed by atoms with van der Waals surface area (Å²) >= 11 is 0. The molecule has 6 rings (SSSR count). The van der Waals surface area contributed by atoms with Crippen molar-refractivity contribution in [1.29, 1.82) is 0 Å². The molecule has 0 saturated carbocycles. The Morgan fingerprint density at radius 3 is 2.48 bits per heavy atom. The van der Waals surface area contributed by atoms with Crippen molar-refractivity contribution in [2.45, 2.75) is 97.4 Å². The maximum Gasteiger partial charge on any atom is 0.264 e. The predicted octanol–water partition coefficient (Wildman–Crippen LogP) is 6.58. The summed E-state index contributed by atoms with van der Waals surface area (Å²) in [6.07, 6.45) is 4.46. The molecule has 2 atom stereocenters. The highest BCUT2D eigenvalue weighted by molar-refractivity contribution is 7.92. The van der Waals surface area contributed by atoms with Crippen LogP contribution in [0.25, 0.3) is 11.3 Å². The second-order valence-electron chi connectivity index (χ2n) is 15.2. The van der Waals surface area contributed by atoms with E-state index in [0.717, 1.165) is 41.9 Å². The topological polar surface area (TPSA) is 140 Å². The largest absolute Gasteiger partial charge is 0.475 e. The molecule has 0 radical (unpaired) electrons. The summed E-state index contributed by atoms with van der Waals surface area (Å²) in [5.41, 5.74) is 3.33. The lowest BCUT2D eigenvalue weighted by molar-refractivity contribution is 0.0505. The number of anilines is 2. The van der Waals surface area contributed by atoms with Gasteiger partial charge in [-0.2, -0.15) is 4.98 Å². The number of hydrogen-bond donors (Lipinski definition) is 1. The number of ether oxygens (including phenoxy) is 2. The van der Waals surface area contributed by atoms with E-state index >= 15 is 0 Å². The first-order valence-electron chi connectivity index (χ1n) is 17.9. The van der Waals surface area contributed by atoms with Gasteiger partial charge in [-0.15, -0.1) is 0 Å². The van der Waals surface area contributed by atoms with Crippen LogP contribution in [0.5, 0.6) is 5.88 Å². The van der Waals surface area contributed by atoms with Gasteiger partial charge >= 0.3 is 0 Å². The Morgan fingerprint density at radius 1 is 1.00 bits per heavy atom. The monoisotopic (exact) mass is 727 g/mol. The number of carbonyl (C=O) groups excluding carboxylic acids is 1. The van der Waals surface area contributed by atoms with Gasteiger partial charge < -0.3 is 19.3 Å². The Bertz CT molecular complexity index is 2010. The fourth-order valence-electron chi connectivity index (χ4n) is 6.94. The molecule has 13 heteroatoms. The van der Waals surface area contributed by atoms with Crippen molar-refractivity contribution in [3.63, 3.8) is 0 Å². The number of benzene rings is 2. The Hall–Kier alpha value is -4.62. The van der Waals surface area contributed by atoms with Crippen molar-refractivity contribution in [2.24, 2.45) is 5.41 Å². The average molecular weight is 728 g/mol. The molecule has 1 fully saturated rings. The lowest BCUT2D eigenvalue weighted by Crippen LogP contribution is -2.45. The molecule has 2 aromatic carbocycles. The third-order valence-corrected chi connectivity index (χ3v) is 10.7. The van der Waals surface area contributed by atoms with Gasteiger partial charge in [0.1, 0.15) is 18.2 Å². The molecule has 0 unspecified atom stereocenters. The number of nitrogens with one attached hydrogen (secondary N) is 1. The average Bonchev–Trinajstić information content (AvgIpc) is 3.56. The standard InChI is InChI=1S/C39H49N7O5S/c1-25(2)50-23-29-14-10-18-45(29)34-16-17-40-33(42-34)22-46-30(21-39(5,6)7)24-51-35-20-32(36-26(3)11-8-12-27(36)4)41-38(43-35)44-52(48,49)31-15-9-13-28(19-31)37(46)47/h8-9,11-13,15-17,19-20,25,29-30H,10,14,18,21-24H2,1-7H3,(H,41,43,44)/t29-,30+/m0/s1. The molecule has 2 aliphatic rings. The van der Waals surface area contributed by atoms with Crippen LogP contribution in [0.3, 0.4) is 0 Å². The van der Waals surface area contributed by atoms with E-state index in [0.29, 0.717) is 24.5 Å². The van der Waals surface area contributed by atoms with Crippen molar-refractivity contribution in [1.82, 2.24) is 24.8 Å². The molecule has 52 heavy (non-hydrogen) atoms. The molecule has 276 valence electrons. The summed E-state index contributed by atoms with van der Waals surface area (Å²) in [4.78, 5) is 37.2. The maximum atomic E-state index is 14.6. The van der Waals surface area contributed by atoms with E-state index in [-0.39, 0.29) is 58.9 Å². The first-order chi connectivity index (χ1) is 24.7. The quantitative estimate of drug-likeness (QED) is 0.212. The Labute approximate surface area is 307 Å². The number of amides is 1. The third-order valence-electron chi connectivity index (χ3n) is 9.33. The van der Waals surface area contributed by atoms with Crippen molar-refractivity contribution >= 4 is 27.7 Å². The zero-order valence-corrected chi connectivity index (χ0v) is 31.9. The number of fused-ring (bicyclic) bond motifs is 4. The normalized spacial score (nSPS) is 19.0. The summed E-state index contributed by atoms with van der Waals surface area (Å²) in [7, 11) is -4.19. The molecule has 0 spiro atoms. The molecular weight excluding hydrogens is 679 g/mol. The zero-order chi connectivity index (χ0) is 37.2. The van der Waals surface area contributed by atoms with E-state index in [1.165, 1.54) is 12.1 Å². The molecule has 12 nitrogen and oxygen atoms in total. The van der Waals surface area contributed by atoms with Gasteiger partial charge in [0.25, 0.3) is 15.9 Å². The zero-order valence-electron chi connectivity index (χ0n) is 31.1. The van der Waals surface area contributed by atoms with Crippen LogP contribution in [0.1, 0.15) is 81.2 Å². The Balaban J connectivity index is 1.43. The minimum Gasteiger partial charge on any atom is -0.475 e. The van der Waals surface area contributed by atoms with Crippen molar-refractivity contribution < 1.29 is 22.7 Å². The van der Waals surface area contributed by atoms with Crippen LogP contribution in [0.15, 0.2) is 65.7 Å². The van der Waals surface area contributed by atoms with Crippen LogP contribution in [-0.2, 0) is 21.3 Å². The van der Waals surface area contributed by atoms with Gasteiger partial charge in [-0.25, -0.2) is 28.1 Å². The minimum absolute atomic E-state index is 0.0791. The lowest BCUT2D eigenvalue weighted by atomic mass is 9.87. The van der Waals surface area contributed by atoms with Crippen LogP contribution in [-0.4, -0.2) is 77.1 Å². The van der Waals surface area contributed by atoms with E-state index in [1.54, 1.807) is 29.3 Å². The summed E-state index contributed by atoms with van der Waals surface area (Å²) in [5, 5.41) is 0.